The van der Waals surface area contributed by atoms with E-state index in [0.717, 1.165) is 16.6 Å². The number of para-hydroxylation sites is 1. The molecule has 0 amide bonds. The van der Waals surface area contributed by atoms with Gasteiger partial charge in [0.05, 0.1) is 5.56 Å². The number of aryl methyl sites for hydroxylation is 1. The first kappa shape index (κ1) is 15.1. The zero-order valence-electron chi connectivity index (χ0n) is 12.4. The lowest BCUT2D eigenvalue weighted by Gasteiger charge is -2.02. The van der Waals surface area contributed by atoms with Gasteiger partial charge in [-0.3, -0.25) is 4.79 Å². The second-order valence-corrected chi connectivity index (χ2v) is 5.60. The molecule has 4 heteroatoms. The van der Waals surface area contributed by atoms with E-state index in [4.69, 9.17) is 11.6 Å². The van der Waals surface area contributed by atoms with Crippen molar-refractivity contribution in [2.24, 2.45) is 0 Å². The maximum absolute atomic E-state index is 12.8. The minimum atomic E-state index is -0.303. The van der Waals surface area contributed by atoms with Gasteiger partial charge >= 0.3 is 0 Å². The number of allylic oxidation sites excluding steroid dienone is 1. The quantitative estimate of drug-likeness (QED) is 0.423. The Labute approximate surface area is 138 Å². The standard InChI is InChI=1S/C19H13ClN2O/c1-12-18(15-7-3-5-9-17(15)22-12)19(23)14(11-21)10-13-6-2-4-8-16(13)20/h2-10,22H,1H3/b14-10+. The fourth-order valence-electron chi connectivity index (χ4n) is 2.60. The molecule has 0 unspecified atom stereocenters. The van der Waals surface area contributed by atoms with Crippen LogP contribution in [0.5, 0.6) is 0 Å². The van der Waals surface area contributed by atoms with E-state index in [-0.39, 0.29) is 11.4 Å². The lowest BCUT2D eigenvalue weighted by Crippen LogP contribution is -2.03. The zero-order chi connectivity index (χ0) is 16.4. The molecule has 3 aromatic rings. The lowest BCUT2D eigenvalue weighted by molar-refractivity contribution is 0.104. The number of hydrogen-bond donors (Lipinski definition) is 1. The van der Waals surface area contributed by atoms with Crippen molar-refractivity contribution in [3.8, 4) is 6.07 Å². The molecule has 0 radical (unpaired) electrons. The Morgan fingerprint density at radius 1 is 1.17 bits per heavy atom. The van der Waals surface area contributed by atoms with Gasteiger partial charge < -0.3 is 4.98 Å². The predicted molar refractivity (Wildman–Crippen MR) is 92.4 cm³/mol. The van der Waals surface area contributed by atoms with Gasteiger partial charge in [0.1, 0.15) is 11.6 Å². The molecule has 0 aliphatic heterocycles. The summed E-state index contributed by atoms with van der Waals surface area (Å²) in [4.78, 5) is 16.0. The van der Waals surface area contributed by atoms with Crippen LogP contribution in [0.1, 0.15) is 21.6 Å². The molecule has 3 rings (SSSR count). The zero-order valence-corrected chi connectivity index (χ0v) is 13.2. The van der Waals surface area contributed by atoms with Crippen molar-refractivity contribution >= 4 is 34.4 Å². The highest BCUT2D eigenvalue weighted by molar-refractivity contribution is 6.32. The van der Waals surface area contributed by atoms with Gasteiger partial charge in [0, 0.05) is 21.6 Å². The number of rotatable bonds is 3. The Morgan fingerprint density at radius 2 is 1.87 bits per heavy atom. The molecule has 0 atom stereocenters. The number of halogens is 1. The first-order valence-corrected chi connectivity index (χ1v) is 7.48. The molecule has 112 valence electrons. The molecular weight excluding hydrogens is 308 g/mol. The topological polar surface area (TPSA) is 56.6 Å². The van der Waals surface area contributed by atoms with Crippen molar-refractivity contribution in [3.05, 3.63) is 75.9 Å². The molecule has 0 saturated heterocycles. The summed E-state index contributed by atoms with van der Waals surface area (Å²) in [5.41, 5.74) is 2.86. The minimum absolute atomic E-state index is 0.0611. The Bertz CT molecular complexity index is 976. The van der Waals surface area contributed by atoms with E-state index in [1.54, 1.807) is 18.2 Å². The third kappa shape index (κ3) is 2.77. The molecule has 0 fully saturated rings. The largest absolute Gasteiger partial charge is 0.358 e. The van der Waals surface area contributed by atoms with Crippen LogP contribution < -0.4 is 0 Å². The molecule has 23 heavy (non-hydrogen) atoms. The second kappa shape index (κ2) is 6.12. The van der Waals surface area contributed by atoms with Crippen LogP contribution in [0.15, 0.2) is 54.1 Å². The van der Waals surface area contributed by atoms with E-state index in [0.29, 0.717) is 16.1 Å². The highest BCUT2D eigenvalue weighted by Gasteiger charge is 2.19. The number of hydrogen-bond acceptors (Lipinski definition) is 2. The van der Waals surface area contributed by atoms with Gasteiger partial charge in [0.2, 0.25) is 5.78 Å². The molecule has 0 saturated carbocycles. The fourth-order valence-corrected chi connectivity index (χ4v) is 2.79. The monoisotopic (exact) mass is 320 g/mol. The number of aromatic amines is 1. The number of fused-ring (bicyclic) bond motifs is 1. The third-order valence-corrected chi connectivity index (χ3v) is 4.03. The van der Waals surface area contributed by atoms with Crippen molar-refractivity contribution in [3.63, 3.8) is 0 Å². The van der Waals surface area contributed by atoms with E-state index in [1.807, 2.05) is 43.3 Å². The first-order valence-electron chi connectivity index (χ1n) is 7.10. The molecule has 0 aliphatic rings. The van der Waals surface area contributed by atoms with Crippen LogP contribution in [0.4, 0.5) is 0 Å². The van der Waals surface area contributed by atoms with Gasteiger partial charge in [-0.05, 0) is 30.7 Å². The van der Waals surface area contributed by atoms with Crippen LogP contribution in [0.25, 0.3) is 17.0 Å². The summed E-state index contributed by atoms with van der Waals surface area (Å²) in [5, 5.41) is 10.7. The molecule has 0 aliphatic carbocycles. The number of Topliss-reactive ketones (excluding diaryl/α,β-unsaturated/α-hetero) is 1. The van der Waals surface area contributed by atoms with Crippen LogP contribution in [-0.4, -0.2) is 10.8 Å². The maximum Gasteiger partial charge on any atom is 0.205 e. The number of nitrogens with one attached hydrogen (secondary N) is 1. The van der Waals surface area contributed by atoms with Crippen LogP contribution in [0.2, 0.25) is 5.02 Å². The Hall–Kier alpha value is -2.83. The van der Waals surface area contributed by atoms with Crippen molar-refractivity contribution in [1.29, 1.82) is 5.26 Å². The normalized spacial score (nSPS) is 11.4. The summed E-state index contributed by atoms with van der Waals surface area (Å²) in [6.07, 6.45) is 1.53. The van der Waals surface area contributed by atoms with Gasteiger partial charge in [-0.25, -0.2) is 0 Å². The van der Waals surface area contributed by atoms with Gasteiger partial charge in [-0.2, -0.15) is 5.26 Å². The lowest BCUT2D eigenvalue weighted by atomic mass is 9.99. The average molecular weight is 321 g/mol. The molecular formula is C19H13ClN2O. The number of nitrogens with zero attached hydrogens (tertiary/aromatic N) is 1. The molecule has 0 bridgehead atoms. The van der Waals surface area contributed by atoms with Crippen LogP contribution in [0, 0.1) is 18.3 Å². The van der Waals surface area contributed by atoms with Gasteiger partial charge in [-0.15, -0.1) is 0 Å². The van der Waals surface area contributed by atoms with Crippen molar-refractivity contribution in [2.45, 2.75) is 6.92 Å². The predicted octanol–water partition coefficient (Wildman–Crippen LogP) is 4.92. The van der Waals surface area contributed by atoms with Crippen LogP contribution >= 0.6 is 11.6 Å². The third-order valence-electron chi connectivity index (χ3n) is 3.69. The highest BCUT2D eigenvalue weighted by Crippen LogP contribution is 2.26. The first-order chi connectivity index (χ1) is 11.1. The van der Waals surface area contributed by atoms with E-state index >= 15 is 0 Å². The van der Waals surface area contributed by atoms with Crippen LogP contribution in [-0.2, 0) is 0 Å². The van der Waals surface area contributed by atoms with E-state index in [1.165, 1.54) is 6.08 Å². The van der Waals surface area contributed by atoms with Gasteiger partial charge in [0.15, 0.2) is 0 Å². The summed E-state index contributed by atoms with van der Waals surface area (Å²) in [6.45, 7) is 1.83. The van der Waals surface area contributed by atoms with Crippen molar-refractivity contribution < 1.29 is 4.79 Å². The van der Waals surface area contributed by atoms with Crippen molar-refractivity contribution in [2.75, 3.05) is 0 Å². The van der Waals surface area contributed by atoms with Crippen LogP contribution in [0.3, 0.4) is 0 Å². The summed E-state index contributed by atoms with van der Waals surface area (Å²) in [5.74, 6) is -0.303. The van der Waals surface area contributed by atoms with Crippen molar-refractivity contribution in [1.82, 2.24) is 4.98 Å². The number of ketones is 1. The smallest absolute Gasteiger partial charge is 0.205 e. The Morgan fingerprint density at radius 3 is 2.61 bits per heavy atom. The number of H-pyrrole nitrogens is 1. The molecule has 0 spiro atoms. The Balaban J connectivity index is 2.12. The molecule has 1 N–H and O–H groups in total. The Kier molecular flexibility index (Phi) is 4.01. The number of aromatic nitrogens is 1. The number of carbonyl (C=O) groups is 1. The fraction of sp³-hybridized carbons (Fsp3) is 0.0526. The summed E-state index contributed by atoms with van der Waals surface area (Å²) < 4.78 is 0. The molecule has 1 aromatic heterocycles. The average Bonchev–Trinajstić information content (AvgIpc) is 2.89. The molecule has 3 nitrogen and oxygen atoms in total. The minimum Gasteiger partial charge on any atom is -0.358 e. The SMILES string of the molecule is Cc1[nH]c2ccccc2c1C(=O)/C(C#N)=C/c1ccccc1Cl. The summed E-state index contributed by atoms with van der Waals surface area (Å²) >= 11 is 6.11. The number of nitriles is 1. The van der Waals surface area contributed by atoms with Gasteiger partial charge in [0.25, 0.3) is 0 Å². The summed E-state index contributed by atoms with van der Waals surface area (Å²) in [6, 6.07) is 16.7. The molecule has 2 aromatic carbocycles. The van der Waals surface area contributed by atoms with E-state index in [9.17, 15) is 10.1 Å². The van der Waals surface area contributed by atoms with E-state index in [2.05, 4.69) is 4.98 Å². The second-order valence-electron chi connectivity index (χ2n) is 5.19. The molecule has 1 heterocycles. The summed E-state index contributed by atoms with van der Waals surface area (Å²) in [7, 11) is 0. The highest BCUT2D eigenvalue weighted by atomic mass is 35.5. The number of carbonyl (C=O) groups excluding carboxylic acids is 1. The maximum atomic E-state index is 12.8. The number of benzene rings is 2. The van der Waals surface area contributed by atoms with E-state index < -0.39 is 0 Å². The van der Waals surface area contributed by atoms with Gasteiger partial charge in [-0.1, -0.05) is 48.0 Å².